The molecule has 2 fully saturated rings. The summed E-state index contributed by atoms with van der Waals surface area (Å²) in [6.45, 7) is 2.79. The largest absolute Gasteiger partial charge is 0.469 e. The summed E-state index contributed by atoms with van der Waals surface area (Å²) in [5, 5.41) is 25.7. The van der Waals surface area contributed by atoms with E-state index < -0.39 is 17.9 Å². The van der Waals surface area contributed by atoms with Crippen molar-refractivity contribution in [3.05, 3.63) is 81.4 Å². The first-order chi connectivity index (χ1) is 27.4. The molecular formula is C41H44ClN9O6. The molecule has 2 aromatic carbocycles. The monoisotopic (exact) mass is 793 g/mol. The Kier molecular flexibility index (Phi) is 9.81. The number of ether oxygens (including phenoxy) is 1. The lowest BCUT2D eigenvalue weighted by molar-refractivity contribution is -0.152. The fourth-order valence-electron chi connectivity index (χ4n) is 9.62. The molecule has 0 spiro atoms. The van der Waals surface area contributed by atoms with Crippen molar-refractivity contribution in [2.45, 2.75) is 64.5 Å². The van der Waals surface area contributed by atoms with Gasteiger partial charge < -0.3 is 34.5 Å². The van der Waals surface area contributed by atoms with Crippen molar-refractivity contribution in [3.8, 4) is 17.2 Å². The van der Waals surface area contributed by atoms with Gasteiger partial charge in [0.2, 0.25) is 0 Å². The second-order valence-electron chi connectivity index (χ2n) is 15.9. The van der Waals surface area contributed by atoms with Gasteiger partial charge in [-0.2, -0.15) is 5.26 Å². The van der Waals surface area contributed by atoms with E-state index in [4.69, 9.17) is 21.3 Å². The fraction of sp³-hybridized carbons (Fsp3) is 0.439. The number of anilines is 2. The summed E-state index contributed by atoms with van der Waals surface area (Å²) in [4.78, 5) is 64.2. The molecule has 4 aliphatic rings. The van der Waals surface area contributed by atoms with Crippen molar-refractivity contribution in [1.82, 2.24) is 28.9 Å². The lowest BCUT2D eigenvalue weighted by atomic mass is 9.80. The Balaban J connectivity index is 0.956. The van der Waals surface area contributed by atoms with Crippen LogP contribution in [0, 0.1) is 22.2 Å². The van der Waals surface area contributed by atoms with Crippen molar-refractivity contribution >= 4 is 46.9 Å². The molecule has 4 heterocycles. The van der Waals surface area contributed by atoms with Gasteiger partial charge in [-0.15, -0.1) is 0 Å². The number of amides is 3. The van der Waals surface area contributed by atoms with Crippen molar-refractivity contribution in [2.24, 2.45) is 24.9 Å². The Morgan fingerprint density at radius 1 is 0.877 bits per heavy atom. The minimum atomic E-state index is -1.05. The number of hydrogen-bond acceptors (Lipinski definition) is 9. The van der Waals surface area contributed by atoms with Crippen LogP contribution in [0.1, 0.15) is 88.1 Å². The Bertz CT molecular complexity index is 2370. The maximum Gasteiger partial charge on any atom is 0.407 e. The Morgan fingerprint density at radius 3 is 2.11 bits per heavy atom. The van der Waals surface area contributed by atoms with Gasteiger partial charge in [-0.25, -0.2) is 14.8 Å². The van der Waals surface area contributed by atoms with Crippen LogP contribution >= 0.6 is 11.6 Å². The third-order valence-electron chi connectivity index (χ3n) is 12.8. The third-order valence-corrected chi connectivity index (χ3v) is 13.2. The molecule has 2 saturated carbocycles. The van der Waals surface area contributed by atoms with Crippen molar-refractivity contribution < 1.29 is 29.0 Å². The zero-order valence-electron chi connectivity index (χ0n) is 32.2. The SMILES string of the molecule is COC(=O)C12CCC(CCN3CCc4c(nc(C(=O)Nc5cccc(-c6cccc(NC(=O)c7nc8c(n7C)CCN(C(=O)O)C8)c6C#N)c5Cl)n4C)C3)(CC1)C2. The van der Waals surface area contributed by atoms with E-state index in [2.05, 4.69) is 26.6 Å². The topological polar surface area (TPSA) is 188 Å². The molecule has 0 atom stereocenters. The summed E-state index contributed by atoms with van der Waals surface area (Å²) in [5.41, 5.74) is 4.75. The van der Waals surface area contributed by atoms with E-state index in [9.17, 15) is 29.5 Å². The summed E-state index contributed by atoms with van der Waals surface area (Å²) >= 11 is 6.95. The molecule has 2 aliphatic heterocycles. The van der Waals surface area contributed by atoms with Crippen LogP contribution in [-0.4, -0.2) is 84.6 Å². The molecule has 15 nitrogen and oxygen atoms in total. The van der Waals surface area contributed by atoms with Crippen LogP contribution < -0.4 is 10.6 Å². The molecule has 0 saturated heterocycles. The predicted molar refractivity (Wildman–Crippen MR) is 210 cm³/mol. The number of esters is 1. The molecule has 3 N–H and O–H groups in total. The van der Waals surface area contributed by atoms with E-state index in [-0.39, 0.29) is 51.3 Å². The number of imidazole rings is 2. The number of nitriles is 1. The first kappa shape index (κ1) is 38.2. The van der Waals surface area contributed by atoms with Crippen LogP contribution in [0.4, 0.5) is 16.2 Å². The molecule has 8 rings (SSSR count). The average Bonchev–Trinajstić information content (AvgIpc) is 3.97. The highest BCUT2D eigenvalue weighted by atomic mass is 35.5. The molecular weight excluding hydrogens is 750 g/mol. The summed E-state index contributed by atoms with van der Waals surface area (Å²) in [5.74, 6) is -0.662. The molecule has 16 heteroatoms. The highest BCUT2D eigenvalue weighted by molar-refractivity contribution is 6.36. The minimum absolute atomic E-state index is 0.0569. The Hall–Kier alpha value is -5.72. The maximum absolute atomic E-state index is 13.8. The van der Waals surface area contributed by atoms with E-state index in [1.807, 2.05) is 11.6 Å². The maximum atomic E-state index is 13.8. The first-order valence-corrected chi connectivity index (χ1v) is 19.6. The lowest BCUT2D eigenvalue weighted by Crippen LogP contribution is -2.35. The molecule has 296 valence electrons. The minimum Gasteiger partial charge on any atom is -0.469 e. The molecule has 57 heavy (non-hydrogen) atoms. The van der Waals surface area contributed by atoms with Gasteiger partial charge in [0.25, 0.3) is 11.8 Å². The molecule has 3 amide bonds. The number of fused-ring (bicyclic) bond motifs is 4. The van der Waals surface area contributed by atoms with Crippen molar-refractivity contribution in [3.63, 3.8) is 0 Å². The van der Waals surface area contributed by atoms with Crippen LogP contribution in [0.15, 0.2) is 36.4 Å². The number of methoxy groups -OCH3 is 1. The van der Waals surface area contributed by atoms with Crippen LogP contribution in [0.25, 0.3) is 11.1 Å². The van der Waals surface area contributed by atoms with Crippen LogP contribution in [-0.2, 0) is 49.6 Å². The predicted octanol–water partition coefficient (Wildman–Crippen LogP) is 5.76. The number of carbonyl (C=O) groups excluding carboxylic acids is 3. The average molecular weight is 794 g/mol. The first-order valence-electron chi connectivity index (χ1n) is 19.2. The second-order valence-corrected chi connectivity index (χ2v) is 16.2. The van der Waals surface area contributed by atoms with E-state index >= 15 is 0 Å². The zero-order chi connectivity index (χ0) is 40.2. The van der Waals surface area contributed by atoms with E-state index in [1.54, 1.807) is 48.0 Å². The second kappa shape index (κ2) is 14.7. The van der Waals surface area contributed by atoms with Gasteiger partial charge >= 0.3 is 12.1 Å². The number of aromatic nitrogens is 4. The van der Waals surface area contributed by atoms with Gasteiger partial charge in [0.05, 0.1) is 52.4 Å². The lowest BCUT2D eigenvalue weighted by Gasteiger charge is -2.32. The van der Waals surface area contributed by atoms with Crippen molar-refractivity contribution in [1.29, 1.82) is 5.26 Å². The number of rotatable bonds is 9. The van der Waals surface area contributed by atoms with E-state index in [0.717, 1.165) is 75.1 Å². The highest BCUT2D eigenvalue weighted by Gasteiger charge is 2.58. The van der Waals surface area contributed by atoms with Crippen molar-refractivity contribution in [2.75, 3.05) is 37.4 Å². The number of nitrogens with zero attached hydrogens (tertiary/aromatic N) is 7. The Labute approximate surface area is 334 Å². The Morgan fingerprint density at radius 2 is 1.47 bits per heavy atom. The quantitative estimate of drug-likeness (QED) is 0.176. The number of benzene rings is 2. The standard InChI is InChI=1S/C41H44ClN9O6/c1-48-31-10-17-50(19-16-40-12-14-41(23-40,15-13-40)38(54)57-3)21-29(31)44-35(48)37(53)47-28-9-5-7-25(33(28)42)24-6-4-8-27(26(24)20-43)46-36(52)34-45-30-22-51(39(55)56)18-11-32(30)49(34)2/h4-9H,10-19,21-23H2,1-3H3,(H,46,52)(H,47,53)(H,55,56). The molecule has 0 unspecified atom stereocenters. The summed E-state index contributed by atoms with van der Waals surface area (Å²) in [7, 11) is 5.04. The van der Waals surface area contributed by atoms with Gasteiger partial charge in [-0.3, -0.25) is 19.3 Å². The molecule has 0 radical (unpaired) electrons. The highest BCUT2D eigenvalue weighted by Crippen LogP contribution is 2.63. The van der Waals surface area contributed by atoms with Gasteiger partial charge in [0, 0.05) is 69.1 Å². The molecule has 2 bridgehead atoms. The van der Waals surface area contributed by atoms with E-state index in [0.29, 0.717) is 42.0 Å². The number of carbonyl (C=O) groups is 4. The van der Waals surface area contributed by atoms with Crippen LogP contribution in [0.5, 0.6) is 0 Å². The third kappa shape index (κ3) is 6.70. The molecule has 2 aliphatic carbocycles. The number of nitrogens with one attached hydrogen (secondary N) is 2. The smallest absolute Gasteiger partial charge is 0.407 e. The fourth-order valence-corrected chi connectivity index (χ4v) is 9.90. The number of halogens is 1. The molecule has 4 aromatic rings. The summed E-state index contributed by atoms with van der Waals surface area (Å²) in [6, 6.07) is 12.4. The zero-order valence-corrected chi connectivity index (χ0v) is 32.9. The normalized spacial score (nSPS) is 21.1. The van der Waals surface area contributed by atoms with Gasteiger partial charge in [0.15, 0.2) is 11.6 Å². The molecule has 2 aromatic heterocycles. The summed E-state index contributed by atoms with van der Waals surface area (Å²) in [6.07, 6.45) is 6.01. The number of hydrogen-bond donors (Lipinski definition) is 3. The number of carboxylic acid groups (broad SMARTS) is 1. The van der Waals surface area contributed by atoms with Crippen LogP contribution in [0.3, 0.4) is 0 Å². The van der Waals surface area contributed by atoms with Gasteiger partial charge in [-0.05, 0) is 62.6 Å². The summed E-state index contributed by atoms with van der Waals surface area (Å²) < 4.78 is 8.65. The van der Waals surface area contributed by atoms with Gasteiger partial charge in [0.1, 0.15) is 6.07 Å². The van der Waals surface area contributed by atoms with Gasteiger partial charge in [-0.1, -0.05) is 35.9 Å². The van der Waals surface area contributed by atoms with E-state index in [1.165, 1.54) is 12.0 Å². The van der Waals surface area contributed by atoms with Crippen LogP contribution in [0.2, 0.25) is 5.02 Å².